The number of thioether (sulfide) groups is 1. The molecular weight excluding hydrogens is 286 g/mol. The van der Waals surface area contributed by atoms with Crippen LogP contribution in [0.5, 0.6) is 0 Å². The Kier molecular flexibility index (Phi) is 4.51. The summed E-state index contributed by atoms with van der Waals surface area (Å²) in [5, 5.41) is 21.5. The highest BCUT2D eigenvalue weighted by Crippen LogP contribution is 2.23. The number of rotatable bonds is 5. The van der Waals surface area contributed by atoms with Crippen LogP contribution in [-0.2, 0) is 11.3 Å². The van der Waals surface area contributed by atoms with E-state index in [0.29, 0.717) is 21.7 Å². The summed E-state index contributed by atoms with van der Waals surface area (Å²) < 4.78 is 5.15. The van der Waals surface area contributed by atoms with E-state index in [1.54, 1.807) is 11.4 Å². The monoisotopic (exact) mass is 295 g/mol. The van der Waals surface area contributed by atoms with Crippen LogP contribution in [0.4, 0.5) is 5.00 Å². The van der Waals surface area contributed by atoms with Crippen molar-refractivity contribution in [2.75, 3.05) is 11.1 Å². The van der Waals surface area contributed by atoms with E-state index in [1.165, 1.54) is 11.3 Å². The number of aromatic nitrogens is 2. The summed E-state index contributed by atoms with van der Waals surface area (Å²) >= 11 is 2.41. The van der Waals surface area contributed by atoms with Crippen LogP contribution in [0.2, 0.25) is 0 Å². The predicted molar refractivity (Wildman–Crippen MR) is 70.6 cm³/mol. The maximum atomic E-state index is 11.7. The van der Waals surface area contributed by atoms with Gasteiger partial charge in [-0.1, -0.05) is 11.8 Å². The number of nitrogens with zero attached hydrogens (tertiary/aromatic N) is 3. The number of carbonyl (C=O) groups is 1. The predicted octanol–water partition coefficient (Wildman–Crippen LogP) is 1.19. The fraction of sp³-hybridized carbons (Fsp3) is 0.200. The first-order chi connectivity index (χ1) is 9.22. The third-order valence-corrected chi connectivity index (χ3v) is 3.64. The molecule has 9 heteroatoms. The topological polar surface area (TPSA) is 118 Å². The molecule has 98 valence electrons. The van der Waals surface area contributed by atoms with Gasteiger partial charge in [0.25, 0.3) is 5.22 Å². The van der Waals surface area contributed by atoms with Crippen molar-refractivity contribution in [3.63, 3.8) is 0 Å². The Balaban J connectivity index is 1.87. The zero-order chi connectivity index (χ0) is 13.7. The number of nitrogens with two attached hydrogens (primary N) is 1. The molecule has 0 radical (unpaired) electrons. The molecule has 3 N–H and O–H groups in total. The molecule has 0 aliphatic carbocycles. The van der Waals surface area contributed by atoms with Crippen molar-refractivity contribution in [3.05, 3.63) is 22.9 Å². The molecule has 0 aliphatic rings. The van der Waals surface area contributed by atoms with Crippen LogP contribution >= 0.6 is 23.1 Å². The van der Waals surface area contributed by atoms with Gasteiger partial charge in [-0.05, 0) is 11.4 Å². The van der Waals surface area contributed by atoms with Crippen molar-refractivity contribution in [1.82, 2.24) is 10.2 Å². The molecule has 19 heavy (non-hydrogen) atoms. The molecule has 0 aromatic carbocycles. The summed E-state index contributed by atoms with van der Waals surface area (Å²) in [6.45, 7) is 0.167. The lowest BCUT2D eigenvalue weighted by atomic mass is 10.3. The minimum atomic E-state index is -0.239. The molecule has 2 aromatic rings. The third-order valence-electron chi connectivity index (χ3n) is 1.99. The fourth-order valence-corrected chi connectivity index (χ4v) is 2.50. The van der Waals surface area contributed by atoms with Crippen molar-refractivity contribution in [3.8, 4) is 6.07 Å². The lowest BCUT2D eigenvalue weighted by Gasteiger charge is -2.00. The van der Waals surface area contributed by atoms with E-state index in [2.05, 4.69) is 15.5 Å². The molecule has 0 saturated carbocycles. The van der Waals surface area contributed by atoms with Gasteiger partial charge in [0.2, 0.25) is 11.8 Å². The average Bonchev–Trinajstić information content (AvgIpc) is 3.04. The molecule has 0 spiro atoms. The standard InChI is InChI=1S/C10H9N5O2S2/c11-3-6-1-2-18-9(6)13-7(16)5-19-10-15-14-8(4-12)17-10/h1-2H,4-5,12H2,(H,13,16). The fourth-order valence-electron chi connectivity index (χ4n) is 1.16. The van der Waals surface area contributed by atoms with Crippen LogP contribution in [-0.4, -0.2) is 21.9 Å². The number of amides is 1. The Hall–Kier alpha value is -1.89. The SMILES string of the molecule is N#Cc1ccsc1NC(=O)CSc1nnc(CN)o1. The second-order valence-corrected chi connectivity index (χ2v) is 5.12. The number of carbonyl (C=O) groups excluding carboxylic acids is 1. The number of nitrogens with one attached hydrogen (secondary N) is 1. The van der Waals surface area contributed by atoms with Crippen LogP contribution in [0.3, 0.4) is 0 Å². The summed E-state index contributed by atoms with van der Waals surface area (Å²) in [5.41, 5.74) is 5.78. The van der Waals surface area contributed by atoms with Crippen molar-refractivity contribution in [1.29, 1.82) is 5.26 Å². The number of hydrogen-bond acceptors (Lipinski definition) is 8. The summed E-state index contributed by atoms with van der Waals surface area (Å²) in [6.07, 6.45) is 0. The highest BCUT2D eigenvalue weighted by Gasteiger charge is 2.11. The van der Waals surface area contributed by atoms with Crippen molar-refractivity contribution >= 4 is 34.0 Å². The van der Waals surface area contributed by atoms with Gasteiger partial charge in [-0.25, -0.2) is 0 Å². The average molecular weight is 295 g/mol. The number of hydrogen-bond donors (Lipinski definition) is 2. The molecule has 2 rings (SSSR count). The zero-order valence-electron chi connectivity index (χ0n) is 9.62. The van der Waals surface area contributed by atoms with Gasteiger partial charge in [-0.15, -0.1) is 21.5 Å². The first-order valence-electron chi connectivity index (χ1n) is 5.15. The van der Waals surface area contributed by atoms with Crippen LogP contribution in [0.15, 0.2) is 21.1 Å². The Bertz CT molecular complexity index is 615. The second kappa shape index (κ2) is 6.33. The van der Waals surface area contributed by atoms with Gasteiger partial charge >= 0.3 is 0 Å². The van der Waals surface area contributed by atoms with Gasteiger partial charge in [-0.3, -0.25) is 4.79 Å². The summed E-state index contributed by atoms with van der Waals surface area (Å²) in [7, 11) is 0. The van der Waals surface area contributed by atoms with E-state index >= 15 is 0 Å². The molecule has 7 nitrogen and oxygen atoms in total. The Labute approximate surface area is 116 Å². The molecule has 0 atom stereocenters. The minimum Gasteiger partial charge on any atom is -0.415 e. The third kappa shape index (κ3) is 3.54. The van der Waals surface area contributed by atoms with Crippen LogP contribution < -0.4 is 11.1 Å². The van der Waals surface area contributed by atoms with E-state index in [-0.39, 0.29) is 18.2 Å². The van der Waals surface area contributed by atoms with E-state index in [1.807, 2.05) is 6.07 Å². The largest absolute Gasteiger partial charge is 0.415 e. The minimum absolute atomic E-state index is 0.120. The van der Waals surface area contributed by atoms with E-state index in [0.717, 1.165) is 11.8 Å². The summed E-state index contributed by atoms with van der Waals surface area (Å²) in [6, 6.07) is 3.65. The Morgan fingerprint density at radius 1 is 1.63 bits per heavy atom. The number of anilines is 1. The van der Waals surface area contributed by atoms with Crippen molar-refractivity contribution in [2.45, 2.75) is 11.8 Å². The number of thiophene rings is 1. The number of nitriles is 1. The van der Waals surface area contributed by atoms with Gasteiger partial charge in [0.1, 0.15) is 11.1 Å². The molecular formula is C10H9N5O2S2. The van der Waals surface area contributed by atoms with Crippen molar-refractivity contribution < 1.29 is 9.21 Å². The Morgan fingerprint density at radius 2 is 2.47 bits per heavy atom. The molecule has 2 aromatic heterocycles. The first-order valence-corrected chi connectivity index (χ1v) is 7.02. The quantitative estimate of drug-likeness (QED) is 0.795. The zero-order valence-corrected chi connectivity index (χ0v) is 11.3. The van der Waals surface area contributed by atoms with E-state index < -0.39 is 0 Å². The van der Waals surface area contributed by atoms with Crippen LogP contribution in [0.1, 0.15) is 11.5 Å². The maximum absolute atomic E-state index is 11.7. The van der Waals surface area contributed by atoms with Crippen molar-refractivity contribution in [2.24, 2.45) is 5.73 Å². The normalized spacial score (nSPS) is 10.1. The van der Waals surface area contributed by atoms with Gasteiger partial charge in [0.05, 0.1) is 17.9 Å². The highest BCUT2D eigenvalue weighted by atomic mass is 32.2. The summed E-state index contributed by atoms with van der Waals surface area (Å²) in [4.78, 5) is 11.7. The Morgan fingerprint density at radius 3 is 3.16 bits per heavy atom. The van der Waals surface area contributed by atoms with Crippen LogP contribution in [0.25, 0.3) is 0 Å². The lowest BCUT2D eigenvalue weighted by Crippen LogP contribution is -2.13. The van der Waals surface area contributed by atoms with Gasteiger partial charge in [0, 0.05) is 0 Å². The molecule has 1 amide bonds. The molecule has 0 saturated heterocycles. The van der Waals surface area contributed by atoms with E-state index in [9.17, 15) is 4.79 Å². The molecule has 0 unspecified atom stereocenters. The highest BCUT2D eigenvalue weighted by molar-refractivity contribution is 7.99. The first kappa shape index (κ1) is 13.5. The molecule has 0 fully saturated rings. The van der Waals surface area contributed by atoms with Gasteiger partial charge in [-0.2, -0.15) is 5.26 Å². The lowest BCUT2D eigenvalue weighted by molar-refractivity contribution is -0.113. The summed E-state index contributed by atoms with van der Waals surface area (Å²) in [5.74, 6) is 0.207. The smallest absolute Gasteiger partial charge is 0.277 e. The second-order valence-electron chi connectivity index (χ2n) is 3.28. The van der Waals surface area contributed by atoms with Gasteiger partial charge < -0.3 is 15.5 Å². The van der Waals surface area contributed by atoms with Crippen LogP contribution in [0, 0.1) is 11.3 Å². The molecule has 2 heterocycles. The molecule has 0 aliphatic heterocycles. The molecule has 0 bridgehead atoms. The maximum Gasteiger partial charge on any atom is 0.277 e. The van der Waals surface area contributed by atoms with E-state index in [4.69, 9.17) is 15.4 Å². The van der Waals surface area contributed by atoms with Gasteiger partial charge in [0.15, 0.2) is 0 Å².